The third kappa shape index (κ3) is 7.42. The number of nitrogens with zero attached hydrogens (tertiary/aromatic N) is 1. The zero-order valence-electron chi connectivity index (χ0n) is 15.3. The van der Waals surface area contributed by atoms with Gasteiger partial charge in [-0.15, -0.1) is 0 Å². The molecule has 1 heterocycles. The molecule has 25 heavy (non-hydrogen) atoms. The molecule has 2 rings (SSSR count). The fraction of sp³-hybridized carbons (Fsp3) is 0.632. The fourth-order valence-electron chi connectivity index (χ4n) is 2.83. The number of aliphatic hydroxyl groups excluding tert-OH is 1. The first-order valence-corrected chi connectivity index (χ1v) is 9.11. The number of hydrogen-bond donors (Lipinski definition) is 3. The van der Waals surface area contributed by atoms with Crippen LogP contribution in [0.25, 0.3) is 0 Å². The lowest BCUT2D eigenvalue weighted by Gasteiger charge is -2.28. The molecule has 1 fully saturated rings. The summed E-state index contributed by atoms with van der Waals surface area (Å²) < 4.78 is 5.84. The second-order valence-electron chi connectivity index (χ2n) is 6.79. The summed E-state index contributed by atoms with van der Waals surface area (Å²) in [7, 11) is 2.13. The van der Waals surface area contributed by atoms with Crippen LogP contribution in [0.5, 0.6) is 0 Å². The number of hydrogen-bond acceptors (Lipinski definition) is 4. The van der Waals surface area contributed by atoms with Crippen LogP contribution >= 0.6 is 0 Å². The number of urea groups is 1. The van der Waals surface area contributed by atoms with Gasteiger partial charge in [0, 0.05) is 32.8 Å². The van der Waals surface area contributed by atoms with Crippen molar-refractivity contribution in [2.24, 2.45) is 0 Å². The molecule has 0 saturated carbocycles. The van der Waals surface area contributed by atoms with Gasteiger partial charge >= 0.3 is 6.03 Å². The summed E-state index contributed by atoms with van der Waals surface area (Å²) in [4.78, 5) is 14.1. The van der Waals surface area contributed by atoms with Gasteiger partial charge in [0.1, 0.15) is 0 Å². The maximum absolute atomic E-state index is 11.8. The molecule has 1 aliphatic heterocycles. The Morgan fingerprint density at radius 1 is 1.28 bits per heavy atom. The van der Waals surface area contributed by atoms with E-state index in [4.69, 9.17) is 4.74 Å². The molecule has 3 N–H and O–H groups in total. The molecule has 6 heteroatoms. The van der Waals surface area contributed by atoms with E-state index in [0.717, 1.165) is 43.5 Å². The molecule has 2 amide bonds. The van der Waals surface area contributed by atoms with Gasteiger partial charge in [0.2, 0.25) is 0 Å². The van der Waals surface area contributed by atoms with Crippen LogP contribution in [-0.2, 0) is 4.74 Å². The Bertz CT molecular complexity index is 513. The van der Waals surface area contributed by atoms with Crippen molar-refractivity contribution in [3.8, 4) is 0 Å². The topological polar surface area (TPSA) is 73.8 Å². The fourth-order valence-corrected chi connectivity index (χ4v) is 2.83. The van der Waals surface area contributed by atoms with Crippen LogP contribution in [0, 0.1) is 6.92 Å². The average Bonchev–Trinajstić information content (AvgIpc) is 2.61. The number of benzene rings is 1. The Hall–Kier alpha value is -1.63. The highest BCUT2D eigenvalue weighted by Gasteiger charge is 2.16. The molecule has 0 aliphatic carbocycles. The lowest BCUT2D eigenvalue weighted by molar-refractivity contribution is 0.0118. The first-order valence-electron chi connectivity index (χ1n) is 9.11. The molecule has 0 spiro atoms. The van der Waals surface area contributed by atoms with Crippen molar-refractivity contribution in [3.63, 3.8) is 0 Å². The molecule has 6 nitrogen and oxygen atoms in total. The summed E-state index contributed by atoms with van der Waals surface area (Å²) in [6.07, 6.45) is 2.62. The number of aryl methyl sites for hydroxylation is 1. The summed E-state index contributed by atoms with van der Waals surface area (Å²) in [5.41, 5.74) is 1.95. The van der Waals surface area contributed by atoms with E-state index in [1.165, 1.54) is 0 Å². The monoisotopic (exact) mass is 349 g/mol. The number of nitrogens with one attached hydrogen (secondary N) is 2. The van der Waals surface area contributed by atoms with E-state index in [2.05, 4.69) is 22.6 Å². The highest BCUT2D eigenvalue weighted by molar-refractivity contribution is 5.73. The zero-order valence-corrected chi connectivity index (χ0v) is 15.3. The maximum Gasteiger partial charge on any atom is 0.314 e. The minimum atomic E-state index is -0.695. The SMILES string of the molecule is Cc1ccc([C@H](O)CNC(=O)NCCCOC2CCN(C)CC2)cc1. The smallest absolute Gasteiger partial charge is 0.314 e. The quantitative estimate of drug-likeness (QED) is 0.626. The van der Waals surface area contributed by atoms with Gasteiger partial charge < -0.3 is 25.4 Å². The molecule has 140 valence electrons. The Labute approximate surface area is 150 Å². The number of amides is 2. The van der Waals surface area contributed by atoms with Gasteiger partial charge in [-0.1, -0.05) is 29.8 Å². The van der Waals surface area contributed by atoms with Gasteiger partial charge in [0.15, 0.2) is 0 Å². The standard InChI is InChI=1S/C19H31N3O3/c1-15-4-6-16(7-5-15)18(23)14-21-19(24)20-10-3-13-25-17-8-11-22(2)12-9-17/h4-7,17-18,23H,3,8-14H2,1-2H3,(H2,20,21,24)/t18-/m1/s1. The Balaban J connectivity index is 1.51. The minimum Gasteiger partial charge on any atom is -0.387 e. The first-order chi connectivity index (χ1) is 12.0. The summed E-state index contributed by atoms with van der Waals surface area (Å²) >= 11 is 0. The summed E-state index contributed by atoms with van der Waals surface area (Å²) in [5, 5.41) is 15.6. The third-order valence-electron chi connectivity index (χ3n) is 4.54. The molecule has 1 saturated heterocycles. The van der Waals surface area contributed by atoms with Crippen LogP contribution in [0.15, 0.2) is 24.3 Å². The highest BCUT2D eigenvalue weighted by atomic mass is 16.5. The lowest BCUT2D eigenvalue weighted by Crippen LogP contribution is -2.38. The van der Waals surface area contributed by atoms with Crippen LogP contribution in [0.4, 0.5) is 4.79 Å². The van der Waals surface area contributed by atoms with Gasteiger partial charge in [-0.2, -0.15) is 0 Å². The molecule has 0 bridgehead atoms. The molecule has 1 aromatic carbocycles. The predicted molar refractivity (Wildman–Crippen MR) is 98.6 cm³/mol. The number of aliphatic hydroxyl groups is 1. The second-order valence-corrected chi connectivity index (χ2v) is 6.79. The Morgan fingerprint density at radius 3 is 2.64 bits per heavy atom. The molecular weight excluding hydrogens is 318 g/mol. The van der Waals surface area contributed by atoms with Crippen molar-refractivity contribution >= 4 is 6.03 Å². The van der Waals surface area contributed by atoms with E-state index in [9.17, 15) is 9.90 Å². The van der Waals surface area contributed by atoms with Crippen LogP contribution in [0.1, 0.15) is 36.5 Å². The molecule has 0 radical (unpaired) electrons. The summed E-state index contributed by atoms with van der Waals surface area (Å²) in [6.45, 7) is 5.61. The van der Waals surface area contributed by atoms with Gasteiger partial charge in [0.25, 0.3) is 0 Å². The van der Waals surface area contributed by atoms with Crippen LogP contribution in [-0.4, -0.2) is 62.0 Å². The van der Waals surface area contributed by atoms with E-state index in [1.54, 1.807) is 0 Å². The number of likely N-dealkylation sites (tertiary alicyclic amines) is 1. The first kappa shape index (κ1) is 19.7. The Kier molecular flexibility index (Phi) is 8.18. The molecular formula is C19H31N3O3. The molecule has 0 aromatic heterocycles. The predicted octanol–water partition coefficient (Wildman–Crippen LogP) is 1.83. The summed E-state index contributed by atoms with van der Waals surface area (Å²) in [5.74, 6) is 0. The van der Waals surface area contributed by atoms with E-state index in [-0.39, 0.29) is 12.6 Å². The zero-order chi connectivity index (χ0) is 18.1. The molecule has 1 atom stereocenters. The van der Waals surface area contributed by atoms with Gasteiger partial charge in [-0.05, 0) is 38.8 Å². The molecule has 1 aliphatic rings. The van der Waals surface area contributed by atoms with Gasteiger partial charge in [0.05, 0.1) is 12.2 Å². The molecule has 0 unspecified atom stereocenters. The number of ether oxygens (including phenoxy) is 1. The highest BCUT2D eigenvalue weighted by Crippen LogP contribution is 2.13. The van der Waals surface area contributed by atoms with Crippen molar-refractivity contribution in [1.82, 2.24) is 15.5 Å². The van der Waals surface area contributed by atoms with Crippen molar-refractivity contribution in [2.45, 2.75) is 38.4 Å². The lowest BCUT2D eigenvalue weighted by atomic mass is 10.1. The summed E-state index contributed by atoms with van der Waals surface area (Å²) in [6, 6.07) is 7.39. The number of rotatable bonds is 8. The van der Waals surface area contributed by atoms with Crippen molar-refractivity contribution in [2.75, 3.05) is 39.8 Å². The van der Waals surface area contributed by atoms with Crippen molar-refractivity contribution < 1.29 is 14.6 Å². The third-order valence-corrected chi connectivity index (χ3v) is 4.54. The maximum atomic E-state index is 11.8. The van der Waals surface area contributed by atoms with Crippen LogP contribution < -0.4 is 10.6 Å². The largest absolute Gasteiger partial charge is 0.387 e. The average molecular weight is 349 g/mol. The number of piperidine rings is 1. The normalized spacial score (nSPS) is 17.2. The van der Waals surface area contributed by atoms with Crippen molar-refractivity contribution in [3.05, 3.63) is 35.4 Å². The van der Waals surface area contributed by atoms with E-state index in [1.807, 2.05) is 31.2 Å². The minimum absolute atomic E-state index is 0.195. The number of carbonyl (C=O) groups is 1. The van der Waals surface area contributed by atoms with Crippen LogP contribution in [0.2, 0.25) is 0 Å². The van der Waals surface area contributed by atoms with E-state index >= 15 is 0 Å². The van der Waals surface area contributed by atoms with Gasteiger partial charge in [-0.3, -0.25) is 0 Å². The van der Waals surface area contributed by atoms with Crippen molar-refractivity contribution in [1.29, 1.82) is 0 Å². The van der Waals surface area contributed by atoms with Gasteiger partial charge in [-0.25, -0.2) is 4.79 Å². The van der Waals surface area contributed by atoms with Crippen LogP contribution in [0.3, 0.4) is 0 Å². The second kappa shape index (κ2) is 10.4. The number of carbonyl (C=O) groups excluding carboxylic acids is 1. The van der Waals surface area contributed by atoms with E-state index in [0.29, 0.717) is 19.3 Å². The molecule has 1 aromatic rings. The Morgan fingerprint density at radius 2 is 1.96 bits per heavy atom. The van der Waals surface area contributed by atoms with E-state index < -0.39 is 6.10 Å².